The maximum Gasteiger partial charge on any atom is 0.253 e. The molecule has 0 aliphatic heterocycles. The minimum Gasteiger partial charge on any atom is -0.398 e. The minimum atomic E-state index is -0.156. The van der Waals surface area contributed by atoms with Crippen molar-refractivity contribution in [1.82, 2.24) is 10.3 Å². The summed E-state index contributed by atoms with van der Waals surface area (Å²) < 4.78 is 0.860. The highest BCUT2D eigenvalue weighted by Gasteiger charge is 2.09. The summed E-state index contributed by atoms with van der Waals surface area (Å²) in [5.41, 5.74) is 6.75. The van der Waals surface area contributed by atoms with Gasteiger partial charge in [-0.05, 0) is 18.2 Å². The third kappa shape index (κ3) is 3.30. The molecule has 0 aliphatic rings. The fraction of sp³-hybridized carbons (Fsp3) is 0.167. The van der Waals surface area contributed by atoms with Crippen LogP contribution in [-0.2, 0) is 6.42 Å². The molecule has 1 amide bonds. The van der Waals surface area contributed by atoms with E-state index < -0.39 is 0 Å². The molecule has 0 radical (unpaired) electrons. The standard InChI is InChI=1S/C12H12BrN3OS/c13-8-1-2-9(10(14)7-8)12(17)16-4-3-11-15-5-6-18-11/h1-2,5-7H,3-4,14H2,(H,16,17). The highest BCUT2D eigenvalue weighted by Crippen LogP contribution is 2.18. The van der Waals surface area contributed by atoms with Crippen molar-refractivity contribution >= 4 is 38.9 Å². The van der Waals surface area contributed by atoms with E-state index >= 15 is 0 Å². The van der Waals surface area contributed by atoms with Crippen LogP contribution in [0.2, 0.25) is 0 Å². The van der Waals surface area contributed by atoms with Gasteiger partial charge in [0.1, 0.15) is 0 Å². The van der Waals surface area contributed by atoms with Crippen LogP contribution in [0.25, 0.3) is 0 Å². The number of nitrogens with two attached hydrogens (primary N) is 1. The van der Waals surface area contributed by atoms with Crippen molar-refractivity contribution in [3.8, 4) is 0 Å². The minimum absolute atomic E-state index is 0.156. The van der Waals surface area contributed by atoms with Crippen molar-refractivity contribution in [2.45, 2.75) is 6.42 Å². The highest BCUT2D eigenvalue weighted by atomic mass is 79.9. The maximum atomic E-state index is 11.9. The summed E-state index contributed by atoms with van der Waals surface area (Å²) in [6.45, 7) is 0.557. The Bertz CT molecular complexity index is 542. The monoisotopic (exact) mass is 325 g/mol. The Morgan fingerprint density at radius 2 is 2.33 bits per heavy atom. The number of amides is 1. The summed E-state index contributed by atoms with van der Waals surface area (Å²) in [5, 5.41) is 5.76. The lowest BCUT2D eigenvalue weighted by molar-refractivity contribution is 0.0955. The van der Waals surface area contributed by atoms with Gasteiger partial charge in [0.2, 0.25) is 0 Å². The summed E-state index contributed by atoms with van der Waals surface area (Å²) in [7, 11) is 0. The van der Waals surface area contributed by atoms with Gasteiger partial charge in [-0.25, -0.2) is 4.98 Å². The van der Waals surface area contributed by atoms with Gasteiger partial charge >= 0.3 is 0 Å². The van der Waals surface area contributed by atoms with Gasteiger partial charge in [0.25, 0.3) is 5.91 Å². The number of carbonyl (C=O) groups is 1. The summed E-state index contributed by atoms with van der Waals surface area (Å²) in [6, 6.07) is 5.22. The summed E-state index contributed by atoms with van der Waals surface area (Å²) in [6.07, 6.45) is 2.49. The normalized spacial score (nSPS) is 10.3. The number of nitrogens with one attached hydrogen (secondary N) is 1. The number of halogens is 1. The zero-order chi connectivity index (χ0) is 13.0. The molecule has 0 saturated heterocycles. The molecule has 1 aromatic heterocycles. The van der Waals surface area contributed by atoms with Crippen LogP contribution < -0.4 is 11.1 Å². The van der Waals surface area contributed by atoms with Crippen molar-refractivity contribution in [2.75, 3.05) is 12.3 Å². The van der Waals surface area contributed by atoms with Gasteiger partial charge in [-0.2, -0.15) is 0 Å². The number of nitrogen functional groups attached to an aromatic ring is 1. The number of benzene rings is 1. The molecule has 4 nitrogen and oxygen atoms in total. The number of carbonyl (C=O) groups excluding carboxylic acids is 1. The van der Waals surface area contributed by atoms with E-state index in [-0.39, 0.29) is 5.91 Å². The van der Waals surface area contributed by atoms with E-state index in [1.54, 1.807) is 35.7 Å². The Balaban J connectivity index is 1.91. The summed E-state index contributed by atoms with van der Waals surface area (Å²) >= 11 is 4.89. The Kier molecular flexibility index (Phi) is 4.33. The number of anilines is 1. The summed E-state index contributed by atoms with van der Waals surface area (Å²) in [5.74, 6) is -0.156. The van der Waals surface area contributed by atoms with Crippen LogP contribution in [0, 0.1) is 0 Å². The van der Waals surface area contributed by atoms with E-state index in [9.17, 15) is 4.79 Å². The summed E-state index contributed by atoms with van der Waals surface area (Å²) in [4.78, 5) is 16.0. The molecule has 18 heavy (non-hydrogen) atoms. The number of rotatable bonds is 4. The van der Waals surface area contributed by atoms with Gasteiger partial charge < -0.3 is 11.1 Å². The van der Waals surface area contributed by atoms with Gasteiger partial charge in [0, 0.05) is 34.7 Å². The molecule has 0 saturated carbocycles. The molecule has 0 fully saturated rings. The number of thiazole rings is 1. The van der Waals surface area contributed by atoms with E-state index in [2.05, 4.69) is 26.2 Å². The van der Waals surface area contributed by atoms with Crippen molar-refractivity contribution in [3.05, 3.63) is 44.8 Å². The van der Waals surface area contributed by atoms with Gasteiger partial charge in [-0.15, -0.1) is 11.3 Å². The lowest BCUT2D eigenvalue weighted by atomic mass is 10.1. The predicted molar refractivity (Wildman–Crippen MR) is 76.7 cm³/mol. The smallest absolute Gasteiger partial charge is 0.253 e. The third-order valence-electron chi connectivity index (χ3n) is 2.37. The molecular formula is C12H12BrN3OS. The SMILES string of the molecule is Nc1cc(Br)ccc1C(=O)NCCc1nccs1. The van der Waals surface area contributed by atoms with Crippen LogP contribution in [0.15, 0.2) is 34.2 Å². The maximum absolute atomic E-state index is 11.9. The molecule has 0 atom stereocenters. The first kappa shape index (κ1) is 13.0. The number of nitrogens with zero attached hydrogens (tertiary/aromatic N) is 1. The van der Waals surface area contributed by atoms with Crippen LogP contribution in [0.1, 0.15) is 15.4 Å². The first-order valence-corrected chi connectivity index (χ1v) is 7.05. The first-order valence-electron chi connectivity index (χ1n) is 5.38. The number of hydrogen-bond acceptors (Lipinski definition) is 4. The molecule has 1 aromatic carbocycles. The van der Waals surface area contributed by atoms with Crippen LogP contribution >= 0.6 is 27.3 Å². The molecule has 2 aromatic rings. The fourth-order valence-corrected chi connectivity index (χ4v) is 2.49. The molecule has 0 spiro atoms. The second kappa shape index (κ2) is 5.97. The average molecular weight is 326 g/mol. The molecule has 0 bridgehead atoms. The Morgan fingerprint density at radius 1 is 1.50 bits per heavy atom. The average Bonchev–Trinajstić information content (AvgIpc) is 2.81. The zero-order valence-electron chi connectivity index (χ0n) is 9.52. The second-order valence-electron chi connectivity index (χ2n) is 3.66. The first-order chi connectivity index (χ1) is 8.66. The lowest BCUT2D eigenvalue weighted by Crippen LogP contribution is -2.26. The lowest BCUT2D eigenvalue weighted by Gasteiger charge is -2.07. The van der Waals surface area contributed by atoms with Crippen LogP contribution in [0.4, 0.5) is 5.69 Å². The van der Waals surface area contributed by atoms with Crippen molar-refractivity contribution in [2.24, 2.45) is 0 Å². The van der Waals surface area contributed by atoms with Crippen molar-refractivity contribution in [1.29, 1.82) is 0 Å². The van der Waals surface area contributed by atoms with Gasteiger partial charge in [0.05, 0.1) is 10.6 Å². The number of hydrogen-bond donors (Lipinski definition) is 2. The van der Waals surface area contributed by atoms with E-state index in [4.69, 9.17) is 5.73 Å². The third-order valence-corrected chi connectivity index (χ3v) is 3.70. The Morgan fingerprint density at radius 3 is 3.00 bits per heavy atom. The topological polar surface area (TPSA) is 68.0 Å². The fourth-order valence-electron chi connectivity index (χ4n) is 1.49. The van der Waals surface area contributed by atoms with Crippen LogP contribution in [0.3, 0.4) is 0 Å². The van der Waals surface area contributed by atoms with Gasteiger partial charge in [-0.1, -0.05) is 15.9 Å². The highest BCUT2D eigenvalue weighted by molar-refractivity contribution is 9.10. The molecule has 0 unspecified atom stereocenters. The van der Waals surface area contributed by atoms with E-state index in [0.29, 0.717) is 17.8 Å². The molecular weight excluding hydrogens is 314 g/mol. The van der Waals surface area contributed by atoms with E-state index in [1.807, 2.05) is 5.38 Å². The van der Waals surface area contributed by atoms with Crippen molar-refractivity contribution < 1.29 is 4.79 Å². The van der Waals surface area contributed by atoms with Crippen LogP contribution in [0.5, 0.6) is 0 Å². The van der Waals surface area contributed by atoms with E-state index in [1.165, 1.54) is 0 Å². The van der Waals surface area contributed by atoms with Crippen molar-refractivity contribution in [3.63, 3.8) is 0 Å². The molecule has 0 aliphatic carbocycles. The van der Waals surface area contributed by atoms with Crippen LogP contribution in [-0.4, -0.2) is 17.4 Å². The Hall–Kier alpha value is -1.40. The second-order valence-corrected chi connectivity index (χ2v) is 5.56. The Labute approximate surface area is 117 Å². The number of aromatic nitrogens is 1. The van der Waals surface area contributed by atoms with Gasteiger partial charge in [-0.3, -0.25) is 4.79 Å². The molecule has 1 heterocycles. The van der Waals surface area contributed by atoms with Gasteiger partial charge in [0.15, 0.2) is 0 Å². The van der Waals surface area contributed by atoms with E-state index in [0.717, 1.165) is 15.9 Å². The largest absolute Gasteiger partial charge is 0.398 e. The molecule has 94 valence electrons. The zero-order valence-corrected chi connectivity index (χ0v) is 11.9. The predicted octanol–water partition coefficient (Wildman–Crippen LogP) is 2.46. The quantitative estimate of drug-likeness (QED) is 0.848. The molecule has 3 N–H and O–H groups in total. The molecule has 6 heteroatoms. The molecule has 2 rings (SSSR count).